The van der Waals surface area contributed by atoms with E-state index >= 15 is 0 Å². The fourth-order valence-electron chi connectivity index (χ4n) is 3.49. The lowest BCUT2D eigenvalue weighted by molar-refractivity contribution is -0.142. The van der Waals surface area contributed by atoms with E-state index in [2.05, 4.69) is 15.4 Å². The topological polar surface area (TPSA) is 72.3 Å². The van der Waals surface area contributed by atoms with Crippen molar-refractivity contribution < 1.29 is 27.1 Å². The maximum absolute atomic E-state index is 14.6. The van der Waals surface area contributed by atoms with Crippen LogP contribution >= 0.6 is 11.6 Å². The van der Waals surface area contributed by atoms with Crippen LogP contribution in [0.25, 0.3) is 11.1 Å². The van der Waals surface area contributed by atoms with Gasteiger partial charge in [-0.1, -0.05) is 11.6 Å². The van der Waals surface area contributed by atoms with E-state index in [0.717, 1.165) is 4.68 Å². The molecule has 1 amide bonds. The van der Waals surface area contributed by atoms with Crippen LogP contribution in [0.2, 0.25) is 5.15 Å². The summed E-state index contributed by atoms with van der Waals surface area (Å²) >= 11 is 6.05. The monoisotopic (exact) mass is 477 g/mol. The number of hydrogen-bond acceptors (Lipinski definition) is 5. The lowest BCUT2D eigenvalue weighted by atomic mass is 10.0. The van der Waals surface area contributed by atoms with E-state index in [-0.39, 0.29) is 24.7 Å². The molecule has 0 aliphatic carbocycles. The van der Waals surface area contributed by atoms with E-state index in [4.69, 9.17) is 16.3 Å². The summed E-state index contributed by atoms with van der Waals surface area (Å²) in [5.74, 6) is 0. The predicted molar refractivity (Wildman–Crippen MR) is 111 cm³/mol. The van der Waals surface area contributed by atoms with Crippen molar-refractivity contribution >= 4 is 23.4 Å². The number of alkyl halides is 4. The van der Waals surface area contributed by atoms with Crippen LogP contribution in [-0.2, 0) is 11.3 Å². The molecule has 176 valence electrons. The molecule has 0 aromatic carbocycles. The van der Waals surface area contributed by atoms with Gasteiger partial charge in [-0.2, -0.15) is 18.3 Å². The van der Waals surface area contributed by atoms with Gasteiger partial charge in [-0.25, -0.2) is 14.2 Å². The molecule has 7 nitrogen and oxygen atoms in total. The van der Waals surface area contributed by atoms with Gasteiger partial charge in [-0.05, 0) is 26.8 Å². The van der Waals surface area contributed by atoms with Crippen molar-refractivity contribution in [3.8, 4) is 11.1 Å². The van der Waals surface area contributed by atoms with E-state index in [1.165, 1.54) is 24.7 Å². The van der Waals surface area contributed by atoms with Crippen molar-refractivity contribution in [1.29, 1.82) is 0 Å². The Labute approximate surface area is 187 Å². The molecule has 3 rings (SSSR count). The average Bonchev–Trinajstić information content (AvgIpc) is 3.05. The van der Waals surface area contributed by atoms with Crippen LogP contribution in [0.15, 0.2) is 24.7 Å². The number of aromatic nitrogens is 3. The molecule has 1 saturated heterocycles. The summed E-state index contributed by atoms with van der Waals surface area (Å²) in [4.78, 5) is 17.8. The number of amides is 1. The fraction of sp³-hybridized carbons (Fsp3) is 0.550. The minimum Gasteiger partial charge on any atom is -0.444 e. The highest BCUT2D eigenvalue weighted by Crippen LogP contribution is 2.34. The summed E-state index contributed by atoms with van der Waals surface area (Å²) in [6.07, 6.45) is -2.28. The lowest BCUT2D eigenvalue weighted by Gasteiger charge is -2.37. The van der Waals surface area contributed by atoms with Gasteiger partial charge in [0.2, 0.25) is 0 Å². The second-order valence-electron chi connectivity index (χ2n) is 8.65. The quantitative estimate of drug-likeness (QED) is 0.514. The molecule has 3 heterocycles. The van der Waals surface area contributed by atoms with Gasteiger partial charge in [0.15, 0.2) is 0 Å². The van der Waals surface area contributed by atoms with E-state index in [9.17, 15) is 22.4 Å². The van der Waals surface area contributed by atoms with E-state index in [1.54, 1.807) is 25.7 Å². The molecule has 2 aromatic heterocycles. The molecular formula is C20H24ClF4N5O2. The molecule has 0 radical (unpaired) electrons. The largest absolute Gasteiger partial charge is 0.444 e. The highest BCUT2D eigenvalue weighted by Gasteiger charge is 2.32. The summed E-state index contributed by atoms with van der Waals surface area (Å²) in [6.45, 7) is 4.22. The summed E-state index contributed by atoms with van der Waals surface area (Å²) in [5.41, 5.74) is 0.615. The molecule has 1 aliphatic rings. The molecule has 0 spiro atoms. The number of rotatable bonds is 4. The minimum absolute atomic E-state index is 0.0243. The number of carbonyl (C=O) groups is 1. The number of alkyl carbamates (subject to hydrolysis) is 1. The van der Waals surface area contributed by atoms with Crippen LogP contribution in [-0.4, -0.2) is 57.9 Å². The number of nitrogens with zero attached hydrogens (tertiary/aromatic N) is 4. The number of carbonyl (C=O) groups excluding carboxylic acids is 1. The van der Waals surface area contributed by atoms with Gasteiger partial charge >= 0.3 is 12.3 Å². The maximum Gasteiger partial charge on any atom is 0.408 e. The fourth-order valence-corrected chi connectivity index (χ4v) is 3.64. The number of nitrogens with one attached hydrogen (secondary N) is 1. The van der Waals surface area contributed by atoms with E-state index < -0.39 is 36.6 Å². The van der Waals surface area contributed by atoms with Crippen molar-refractivity contribution in [2.75, 3.05) is 18.0 Å². The first kappa shape index (κ1) is 24.1. The molecule has 32 heavy (non-hydrogen) atoms. The Balaban J connectivity index is 1.84. The van der Waals surface area contributed by atoms with Crippen LogP contribution in [0.5, 0.6) is 0 Å². The third kappa shape index (κ3) is 6.72. The molecule has 0 unspecified atom stereocenters. The Morgan fingerprint density at radius 1 is 1.28 bits per heavy atom. The third-order valence-corrected chi connectivity index (χ3v) is 4.80. The van der Waals surface area contributed by atoms with Crippen molar-refractivity contribution in [2.45, 2.75) is 57.7 Å². The van der Waals surface area contributed by atoms with Gasteiger partial charge < -0.3 is 15.0 Å². The number of ether oxygens (including phenoxy) is 1. The first-order valence-corrected chi connectivity index (χ1v) is 10.3. The van der Waals surface area contributed by atoms with Gasteiger partial charge in [0.05, 0.1) is 12.2 Å². The molecule has 1 N–H and O–H groups in total. The smallest absolute Gasteiger partial charge is 0.408 e. The molecule has 2 aromatic rings. The van der Waals surface area contributed by atoms with Crippen LogP contribution < -0.4 is 10.2 Å². The van der Waals surface area contributed by atoms with E-state index in [0.29, 0.717) is 16.8 Å². The average molecular weight is 478 g/mol. The number of anilines is 1. The van der Waals surface area contributed by atoms with Gasteiger partial charge in [-0.15, -0.1) is 0 Å². The van der Waals surface area contributed by atoms with Gasteiger partial charge in [0.25, 0.3) is 0 Å². The van der Waals surface area contributed by atoms with Crippen LogP contribution in [0.1, 0.15) is 27.2 Å². The highest BCUT2D eigenvalue weighted by atomic mass is 35.5. The van der Waals surface area contributed by atoms with Crippen LogP contribution in [0, 0.1) is 0 Å². The number of pyridine rings is 1. The molecule has 0 saturated carbocycles. The van der Waals surface area contributed by atoms with E-state index in [1.807, 2.05) is 0 Å². The molecule has 0 bridgehead atoms. The zero-order chi connectivity index (χ0) is 23.7. The highest BCUT2D eigenvalue weighted by molar-refractivity contribution is 6.29. The summed E-state index contributed by atoms with van der Waals surface area (Å²) in [6, 6.07) is 0.974. The normalized spacial score (nSPS) is 19.7. The Kier molecular flexibility index (Phi) is 6.87. The second-order valence-corrected chi connectivity index (χ2v) is 9.03. The third-order valence-electron chi connectivity index (χ3n) is 4.60. The first-order valence-electron chi connectivity index (χ1n) is 9.93. The molecule has 1 aliphatic heterocycles. The van der Waals surface area contributed by atoms with Gasteiger partial charge in [0, 0.05) is 48.7 Å². The SMILES string of the molecule is CC(C)(C)OC(=O)N[C@H]1C[C@@H](F)CN(c2cc(Cl)ncc2-c2cnn(CC(F)(F)F)c2)C1. The zero-order valence-corrected chi connectivity index (χ0v) is 18.5. The van der Waals surface area contributed by atoms with Crippen molar-refractivity contribution in [1.82, 2.24) is 20.1 Å². The molecular weight excluding hydrogens is 454 g/mol. The Morgan fingerprint density at radius 3 is 2.66 bits per heavy atom. The standard InChI is InChI=1S/C20H24ClF4N5O2/c1-19(2,3)32-18(31)28-14-4-13(22)9-29(10-14)16-5-17(21)26-7-15(16)12-6-27-30(8-12)11-20(23,24)25/h5-8,13-14H,4,9-11H2,1-3H3,(H,28,31)/t13-,14+/m1/s1. The van der Waals surface area contributed by atoms with Gasteiger partial charge in [-0.3, -0.25) is 4.68 Å². The zero-order valence-electron chi connectivity index (χ0n) is 17.8. The summed E-state index contributed by atoms with van der Waals surface area (Å²) < 4.78 is 58.6. The number of halogens is 5. The molecule has 1 fully saturated rings. The first-order chi connectivity index (χ1) is 14.8. The van der Waals surface area contributed by atoms with Crippen LogP contribution in [0.4, 0.5) is 28.0 Å². The Bertz CT molecular complexity index is 960. The molecule has 12 heteroatoms. The predicted octanol–water partition coefficient (Wildman–Crippen LogP) is 4.60. The van der Waals surface area contributed by atoms with Crippen molar-refractivity contribution in [3.05, 3.63) is 29.8 Å². The maximum atomic E-state index is 14.6. The molecule has 2 atom stereocenters. The second kappa shape index (κ2) is 9.13. The number of piperidine rings is 1. The number of hydrogen-bond donors (Lipinski definition) is 1. The van der Waals surface area contributed by atoms with Gasteiger partial charge in [0.1, 0.15) is 23.5 Å². The summed E-state index contributed by atoms with van der Waals surface area (Å²) in [7, 11) is 0. The van der Waals surface area contributed by atoms with Crippen LogP contribution in [0.3, 0.4) is 0 Å². The van der Waals surface area contributed by atoms with Crippen molar-refractivity contribution in [3.63, 3.8) is 0 Å². The lowest BCUT2D eigenvalue weighted by Crippen LogP contribution is -2.52. The Hall–Kier alpha value is -2.56. The summed E-state index contributed by atoms with van der Waals surface area (Å²) in [5, 5.41) is 6.58. The minimum atomic E-state index is -4.42. The Morgan fingerprint density at radius 2 is 2.00 bits per heavy atom. The van der Waals surface area contributed by atoms with Crippen molar-refractivity contribution in [2.24, 2.45) is 0 Å².